The predicted molar refractivity (Wildman–Crippen MR) is 128 cm³/mol. The van der Waals surface area contributed by atoms with Gasteiger partial charge < -0.3 is 14.6 Å². The largest absolute Gasteiger partial charge is 0.444 e. The molecule has 31 heavy (non-hydrogen) atoms. The van der Waals surface area contributed by atoms with Gasteiger partial charge in [-0.15, -0.1) is 0 Å². The van der Waals surface area contributed by atoms with Crippen molar-refractivity contribution in [2.24, 2.45) is 0 Å². The van der Waals surface area contributed by atoms with Crippen molar-refractivity contribution in [1.82, 2.24) is 4.90 Å². The third kappa shape index (κ3) is 10.9. The van der Waals surface area contributed by atoms with Crippen LogP contribution < -0.4 is 0 Å². The first-order valence-electron chi connectivity index (χ1n) is 12.6. The maximum Gasteiger partial charge on any atom is 0.413 e. The fourth-order valence-electron chi connectivity index (χ4n) is 4.19. The molecule has 0 radical (unpaired) electrons. The number of aliphatic hydroxyl groups is 1. The second kappa shape index (κ2) is 14.2. The lowest BCUT2D eigenvalue weighted by atomic mass is 10.0. The van der Waals surface area contributed by atoms with E-state index in [1.165, 1.54) is 75.5 Å². The summed E-state index contributed by atoms with van der Waals surface area (Å²) in [5.41, 5.74) is -1.41. The van der Waals surface area contributed by atoms with Crippen LogP contribution in [0.3, 0.4) is 0 Å². The van der Waals surface area contributed by atoms with Gasteiger partial charge in [0.2, 0.25) is 0 Å². The van der Waals surface area contributed by atoms with Crippen LogP contribution in [0.4, 0.5) is 4.79 Å². The number of allylic oxidation sites excluding steroid dienone is 1. The number of ether oxygens (including phenoxy) is 2. The van der Waals surface area contributed by atoms with E-state index in [1.807, 2.05) is 40.7 Å². The van der Waals surface area contributed by atoms with E-state index in [0.717, 1.165) is 6.42 Å². The van der Waals surface area contributed by atoms with Crippen molar-refractivity contribution in [3.05, 3.63) is 12.2 Å². The lowest BCUT2D eigenvalue weighted by Gasteiger charge is -2.34. The Morgan fingerprint density at radius 3 is 2.00 bits per heavy atom. The third-order valence-electron chi connectivity index (χ3n) is 5.79. The zero-order valence-electron chi connectivity index (χ0n) is 21.1. The lowest BCUT2D eigenvalue weighted by molar-refractivity contribution is -0.0724. The van der Waals surface area contributed by atoms with Crippen molar-refractivity contribution in [2.45, 2.75) is 142 Å². The molecule has 0 spiro atoms. The maximum atomic E-state index is 12.7. The maximum absolute atomic E-state index is 12.7. The van der Waals surface area contributed by atoms with E-state index in [-0.39, 0.29) is 12.7 Å². The number of unbranched alkanes of at least 4 members (excludes halogenated alkanes) is 11. The van der Waals surface area contributed by atoms with E-state index in [1.54, 1.807) is 0 Å². The van der Waals surface area contributed by atoms with Crippen molar-refractivity contribution in [3.63, 3.8) is 0 Å². The molecule has 182 valence electrons. The van der Waals surface area contributed by atoms with Crippen molar-refractivity contribution < 1.29 is 19.4 Å². The summed E-state index contributed by atoms with van der Waals surface area (Å²) in [6.07, 6.45) is 19.1. The molecule has 1 aliphatic rings. The second-order valence-electron chi connectivity index (χ2n) is 10.4. The Morgan fingerprint density at radius 2 is 1.52 bits per heavy atom. The fraction of sp³-hybridized carbons (Fsp3) is 0.885. The molecule has 1 saturated heterocycles. The molecular formula is C26H49NO4. The van der Waals surface area contributed by atoms with E-state index in [9.17, 15) is 9.90 Å². The molecule has 0 aromatic heterocycles. The van der Waals surface area contributed by atoms with Crippen molar-refractivity contribution in [1.29, 1.82) is 0 Å². The topological polar surface area (TPSA) is 59.0 Å². The summed E-state index contributed by atoms with van der Waals surface area (Å²) >= 11 is 0. The van der Waals surface area contributed by atoms with Crippen molar-refractivity contribution in [2.75, 3.05) is 6.61 Å². The average molecular weight is 440 g/mol. The molecule has 1 heterocycles. The van der Waals surface area contributed by atoms with E-state index >= 15 is 0 Å². The highest BCUT2D eigenvalue weighted by atomic mass is 16.6. The molecule has 0 bridgehead atoms. The summed E-state index contributed by atoms with van der Waals surface area (Å²) < 4.78 is 11.6. The molecule has 1 rings (SSSR count). The highest BCUT2D eigenvalue weighted by Gasteiger charge is 2.50. The minimum atomic E-state index is -0.818. The summed E-state index contributed by atoms with van der Waals surface area (Å²) in [7, 11) is 0. The minimum Gasteiger partial charge on any atom is -0.444 e. The number of amides is 1. The second-order valence-corrected chi connectivity index (χ2v) is 10.4. The van der Waals surface area contributed by atoms with Gasteiger partial charge in [0.1, 0.15) is 17.4 Å². The molecule has 1 fully saturated rings. The number of hydrogen-bond donors (Lipinski definition) is 1. The lowest BCUT2D eigenvalue weighted by Crippen LogP contribution is -2.51. The van der Waals surface area contributed by atoms with Crippen LogP contribution in [0.1, 0.15) is 119 Å². The number of aliphatic hydroxyl groups excluding tert-OH is 1. The van der Waals surface area contributed by atoms with E-state index in [2.05, 4.69) is 13.0 Å². The third-order valence-corrected chi connectivity index (χ3v) is 5.79. The van der Waals surface area contributed by atoms with Crippen LogP contribution in [-0.4, -0.2) is 46.2 Å². The summed E-state index contributed by atoms with van der Waals surface area (Å²) in [5, 5.41) is 9.93. The summed E-state index contributed by atoms with van der Waals surface area (Å²) in [4.78, 5) is 14.2. The Bertz CT molecular complexity index is 524. The Kier molecular flexibility index (Phi) is 12.8. The molecule has 5 heteroatoms. The average Bonchev–Trinajstić information content (AvgIpc) is 2.93. The van der Waals surface area contributed by atoms with Gasteiger partial charge in [-0.2, -0.15) is 0 Å². The van der Waals surface area contributed by atoms with Gasteiger partial charge in [0, 0.05) is 0 Å². The van der Waals surface area contributed by atoms with Crippen molar-refractivity contribution in [3.8, 4) is 0 Å². The molecule has 0 aromatic carbocycles. The molecule has 2 atom stereocenters. The summed E-state index contributed by atoms with van der Waals surface area (Å²) in [5.74, 6) is 0. The van der Waals surface area contributed by atoms with Crippen LogP contribution in [0.2, 0.25) is 0 Å². The zero-order chi connectivity index (χ0) is 23.3. The van der Waals surface area contributed by atoms with Crippen molar-refractivity contribution >= 4 is 6.09 Å². The highest BCUT2D eigenvalue weighted by molar-refractivity contribution is 5.70. The van der Waals surface area contributed by atoms with Crippen LogP contribution in [-0.2, 0) is 9.47 Å². The number of nitrogens with zero attached hydrogens (tertiary/aromatic N) is 1. The molecule has 1 N–H and O–H groups in total. The monoisotopic (exact) mass is 439 g/mol. The highest BCUT2D eigenvalue weighted by Crippen LogP contribution is 2.34. The first-order chi connectivity index (χ1) is 14.6. The zero-order valence-corrected chi connectivity index (χ0v) is 21.1. The van der Waals surface area contributed by atoms with Gasteiger partial charge in [-0.3, -0.25) is 4.90 Å². The smallest absolute Gasteiger partial charge is 0.413 e. The summed E-state index contributed by atoms with van der Waals surface area (Å²) in [6.45, 7) is 11.3. The minimum absolute atomic E-state index is 0.157. The van der Waals surface area contributed by atoms with E-state index in [0.29, 0.717) is 0 Å². The Morgan fingerprint density at radius 1 is 1.00 bits per heavy atom. The number of carbonyl (C=O) groups excluding carboxylic acids is 1. The van der Waals surface area contributed by atoms with Gasteiger partial charge in [-0.1, -0.05) is 83.3 Å². The standard InChI is InChI=1S/C26H49NO4/c1-7-8-9-10-11-12-13-14-15-16-17-18-19-20-23-22(21-28)27(26(5,6)30-23)24(29)31-25(2,3)4/h19-20,22-23,28H,7-18,21H2,1-6H3. The Labute approximate surface area is 191 Å². The number of rotatable bonds is 14. The van der Waals surface area contributed by atoms with Crippen LogP contribution in [0, 0.1) is 0 Å². The molecule has 1 amide bonds. The van der Waals surface area contributed by atoms with Crippen LogP contribution >= 0.6 is 0 Å². The van der Waals surface area contributed by atoms with Gasteiger partial charge in [-0.05, 0) is 47.5 Å². The molecular weight excluding hydrogens is 390 g/mol. The molecule has 0 aliphatic carbocycles. The van der Waals surface area contributed by atoms with E-state index < -0.39 is 23.5 Å². The Balaban J connectivity index is 2.30. The normalized spacial score (nSPS) is 21.2. The fourth-order valence-corrected chi connectivity index (χ4v) is 4.19. The molecule has 1 aliphatic heterocycles. The first-order valence-corrected chi connectivity index (χ1v) is 12.6. The van der Waals surface area contributed by atoms with Crippen LogP contribution in [0.25, 0.3) is 0 Å². The van der Waals surface area contributed by atoms with Gasteiger partial charge in [-0.25, -0.2) is 4.79 Å². The molecule has 0 saturated carbocycles. The van der Waals surface area contributed by atoms with E-state index in [4.69, 9.17) is 9.47 Å². The van der Waals surface area contributed by atoms with Gasteiger partial charge >= 0.3 is 6.09 Å². The van der Waals surface area contributed by atoms with Gasteiger partial charge in [0.05, 0.1) is 12.6 Å². The quantitative estimate of drug-likeness (QED) is 0.234. The number of carbonyl (C=O) groups is 1. The Hall–Kier alpha value is -1.07. The SMILES string of the molecule is CCCCCCCCCCCCCC=CC1OC(C)(C)N(C(=O)OC(C)(C)C)C1CO. The van der Waals surface area contributed by atoms with Gasteiger partial charge in [0.25, 0.3) is 0 Å². The van der Waals surface area contributed by atoms with Crippen LogP contribution in [0.15, 0.2) is 12.2 Å². The molecule has 0 aromatic rings. The number of hydrogen-bond acceptors (Lipinski definition) is 4. The van der Waals surface area contributed by atoms with Crippen LogP contribution in [0.5, 0.6) is 0 Å². The summed E-state index contributed by atoms with van der Waals surface area (Å²) in [6, 6.07) is -0.432. The first kappa shape index (κ1) is 28.0. The molecule has 2 unspecified atom stereocenters. The molecule has 5 nitrogen and oxygen atoms in total. The predicted octanol–water partition coefficient (Wildman–Crippen LogP) is 6.98. The van der Waals surface area contributed by atoms with Gasteiger partial charge in [0.15, 0.2) is 0 Å².